The molecule has 0 aromatic heterocycles. The number of hydrogen-bond donors (Lipinski definition) is 0. The second-order valence-corrected chi connectivity index (χ2v) is 6.98. The molecule has 0 atom stereocenters. The fraction of sp³-hybridized carbons (Fsp3) is 0.208. The van der Waals surface area contributed by atoms with E-state index in [4.69, 9.17) is 0 Å². The normalized spacial score (nSPS) is 18.8. The molecule has 0 saturated heterocycles. The van der Waals surface area contributed by atoms with E-state index in [1.165, 1.54) is 52.3 Å². The summed E-state index contributed by atoms with van der Waals surface area (Å²) in [6.07, 6.45) is 18.7. The van der Waals surface area contributed by atoms with Crippen molar-refractivity contribution in [1.82, 2.24) is 0 Å². The van der Waals surface area contributed by atoms with Crippen LogP contribution in [-0.4, -0.2) is 6.21 Å². The molecular weight excluding hydrogens is 302 g/mol. The predicted molar refractivity (Wildman–Crippen MR) is 108 cm³/mol. The average Bonchev–Trinajstić information content (AvgIpc) is 2.96. The van der Waals surface area contributed by atoms with Crippen LogP contribution in [0.25, 0.3) is 22.0 Å². The molecule has 0 amide bonds. The van der Waals surface area contributed by atoms with Gasteiger partial charge in [-0.15, -0.1) is 0 Å². The molecule has 122 valence electrons. The number of aliphatic imine (C=N–C) groups is 1. The Kier molecular flexibility index (Phi) is 3.52. The van der Waals surface area contributed by atoms with Crippen molar-refractivity contribution in [3.63, 3.8) is 0 Å². The second-order valence-electron chi connectivity index (χ2n) is 6.98. The average molecular weight is 323 g/mol. The third-order valence-electron chi connectivity index (χ3n) is 5.58. The van der Waals surface area contributed by atoms with E-state index >= 15 is 0 Å². The first-order chi connectivity index (χ1) is 12.4. The van der Waals surface area contributed by atoms with Crippen LogP contribution in [-0.2, 0) is 6.42 Å². The highest BCUT2D eigenvalue weighted by molar-refractivity contribution is 6.00. The van der Waals surface area contributed by atoms with Crippen LogP contribution in [0.2, 0.25) is 0 Å². The predicted octanol–water partition coefficient (Wildman–Crippen LogP) is 6.26. The number of benzene rings is 2. The van der Waals surface area contributed by atoms with Gasteiger partial charge in [-0.1, -0.05) is 60.2 Å². The fourth-order valence-corrected chi connectivity index (χ4v) is 4.37. The molecule has 1 heteroatoms. The zero-order valence-electron chi connectivity index (χ0n) is 14.3. The zero-order chi connectivity index (χ0) is 16.6. The molecule has 2 aromatic rings. The highest BCUT2D eigenvalue weighted by Crippen LogP contribution is 2.41. The van der Waals surface area contributed by atoms with Crippen molar-refractivity contribution < 1.29 is 0 Å². The van der Waals surface area contributed by atoms with Crippen LogP contribution in [0.5, 0.6) is 0 Å². The Morgan fingerprint density at radius 2 is 1.84 bits per heavy atom. The van der Waals surface area contributed by atoms with Gasteiger partial charge in [0.25, 0.3) is 0 Å². The lowest BCUT2D eigenvalue weighted by atomic mass is 9.79. The Morgan fingerprint density at radius 1 is 0.840 bits per heavy atom. The Labute approximate surface area is 148 Å². The molecular formula is C24H21N. The summed E-state index contributed by atoms with van der Waals surface area (Å²) in [6, 6.07) is 11.3. The van der Waals surface area contributed by atoms with E-state index in [0.717, 1.165) is 18.5 Å². The van der Waals surface area contributed by atoms with Crippen LogP contribution in [0.1, 0.15) is 42.4 Å². The summed E-state index contributed by atoms with van der Waals surface area (Å²) in [4.78, 5) is 4.65. The molecule has 1 nitrogen and oxygen atoms in total. The SMILES string of the molecule is C1=CCC=C(c2cccc3c4c(ccc23)C2=C(CCC=C2)CC4)N=C1. The standard InChI is InChI=1S/C24H21N/c1-2-11-24(25-16-5-1)23-10-6-9-19-21-13-12-17-7-3-4-8-18(17)20(21)14-15-22(19)23/h1,4-6,8-11,14-16H,2-3,7,12-13H2. The minimum atomic E-state index is 0.942. The number of hydrogen-bond acceptors (Lipinski definition) is 1. The van der Waals surface area contributed by atoms with Crippen molar-refractivity contribution in [2.45, 2.75) is 32.1 Å². The zero-order valence-corrected chi connectivity index (χ0v) is 14.3. The highest BCUT2D eigenvalue weighted by Gasteiger charge is 2.21. The Bertz CT molecular complexity index is 1010. The lowest BCUT2D eigenvalue weighted by Gasteiger charge is -2.25. The maximum Gasteiger partial charge on any atom is 0.0671 e. The third-order valence-corrected chi connectivity index (χ3v) is 5.58. The van der Waals surface area contributed by atoms with E-state index in [0.29, 0.717) is 0 Å². The summed E-state index contributed by atoms with van der Waals surface area (Å²) >= 11 is 0. The van der Waals surface area contributed by atoms with Crippen molar-refractivity contribution in [2.75, 3.05) is 0 Å². The van der Waals surface area contributed by atoms with E-state index in [1.807, 2.05) is 12.3 Å². The van der Waals surface area contributed by atoms with Gasteiger partial charge in [0.1, 0.15) is 0 Å². The van der Waals surface area contributed by atoms with Gasteiger partial charge in [-0.05, 0) is 65.7 Å². The topological polar surface area (TPSA) is 12.4 Å². The summed E-state index contributed by atoms with van der Waals surface area (Å²) in [5.74, 6) is 0. The maximum atomic E-state index is 4.65. The molecule has 0 radical (unpaired) electrons. The molecule has 2 aliphatic carbocycles. The molecule has 1 aliphatic heterocycles. The van der Waals surface area contributed by atoms with Crippen LogP contribution in [0, 0.1) is 0 Å². The van der Waals surface area contributed by atoms with E-state index < -0.39 is 0 Å². The van der Waals surface area contributed by atoms with Gasteiger partial charge in [-0.2, -0.15) is 0 Å². The molecule has 0 bridgehead atoms. The van der Waals surface area contributed by atoms with Crippen LogP contribution in [0.15, 0.2) is 71.3 Å². The van der Waals surface area contributed by atoms with Gasteiger partial charge >= 0.3 is 0 Å². The first-order valence-electron chi connectivity index (χ1n) is 9.25. The summed E-state index contributed by atoms with van der Waals surface area (Å²) in [6.45, 7) is 0. The van der Waals surface area contributed by atoms with Crippen molar-refractivity contribution >= 4 is 28.3 Å². The van der Waals surface area contributed by atoms with Crippen molar-refractivity contribution in [3.05, 3.63) is 83.0 Å². The molecule has 1 heterocycles. The largest absolute Gasteiger partial charge is 0.257 e. The number of nitrogens with zero attached hydrogens (tertiary/aromatic N) is 1. The van der Waals surface area contributed by atoms with Crippen molar-refractivity contribution in [1.29, 1.82) is 0 Å². The van der Waals surface area contributed by atoms with Crippen LogP contribution < -0.4 is 0 Å². The molecule has 2 aromatic carbocycles. The van der Waals surface area contributed by atoms with Crippen molar-refractivity contribution in [2.24, 2.45) is 4.99 Å². The first kappa shape index (κ1) is 14.7. The quantitative estimate of drug-likeness (QED) is 0.587. The van der Waals surface area contributed by atoms with Gasteiger partial charge in [0.15, 0.2) is 0 Å². The van der Waals surface area contributed by atoms with Gasteiger partial charge < -0.3 is 0 Å². The Hall–Kier alpha value is -2.67. The van der Waals surface area contributed by atoms with Gasteiger partial charge in [0.05, 0.1) is 5.70 Å². The Morgan fingerprint density at radius 3 is 2.84 bits per heavy atom. The minimum Gasteiger partial charge on any atom is -0.257 e. The highest BCUT2D eigenvalue weighted by atomic mass is 14.7. The number of aryl methyl sites for hydroxylation is 1. The number of allylic oxidation sites excluding steroid dienone is 7. The van der Waals surface area contributed by atoms with Crippen LogP contribution >= 0.6 is 0 Å². The maximum absolute atomic E-state index is 4.65. The summed E-state index contributed by atoms with van der Waals surface area (Å²) in [7, 11) is 0. The molecule has 0 unspecified atom stereocenters. The molecule has 0 saturated carbocycles. The minimum absolute atomic E-state index is 0.942. The van der Waals surface area contributed by atoms with Gasteiger partial charge in [0, 0.05) is 11.8 Å². The van der Waals surface area contributed by atoms with E-state index in [1.54, 1.807) is 5.57 Å². The molecule has 0 spiro atoms. The molecule has 5 rings (SSSR count). The van der Waals surface area contributed by atoms with Gasteiger partial charge in [0.2, 0.25) is 0 Å². The van der Waals surface area contributed by atoms with Crippen LogP contribution in [0.3, 0.4) is 0 Å². The van der Waals surface area contributed by atoms with E-state index in [-0.39, 0.29) is 0 Å². The fourth-order valence-electron chi connectivity index (χ4n) is 4.37. The summed E-state index contributed by atoms with van der Waals surface area (Å²) < 4.78 is 0. The third kappa shape index (κ3) is 2.42. The van der Waals surface area contributed by atoms with E-state index in [2.05, 4.69) is 59.6 Å². The molecule has 25 heavy (non-hydrogen) atoms. The lowest BCUT2D eigenvalue weighted by molar-refractivity contribution is 0.831. The molecule has 3 aliphatic rings. The lowest BCUT2D eigenvalue weighted by Crippen LogP contribution is -2.07. The van der Waals surface area contributed by atoms with Gasteiger partial charge in [-0.3, -0.25) is 4.99 Å². The van der Waals surface area contributed by atoms with E-state index in [9.17, 15) is 0 Å². The number of fused-ring (bicyclic) bond motifs is 4. The number of rotatable bonds is 1. The molecule has 0 N–H and O–H groups in total. The monoisotopic (exact) mass is 323 g/mol. The Balaban J connectivity index is 1.72. The molecule has 0 fully saturated rings. The van der Waals surface area contributed by atoms with Crippen LogP contribution in [0.4, 0.5) is 0 Å². The smallest absolute Gasteiger partial charge is 0.0671 e. The summed E-state index contributed by atoms with van der Waals surface area (Å²) in [5, 5.41) is 2.73. The second kappa shape index (κ2) is 6.00. The first-order valence-corrected chi connectivity index (χ1v) is 9.25. The van der Waals surface area contributed by atoms with Gasteiger partial charge in [-0.25, -0.2) is 0 Å². The van der Waals surface area contributed by atoms with Crippen molar-refractivity contribution in [3.8, 4) is 0 Å². The summed E-state index contributed by atoms with van der Waals surface area (Å²) in [5.41, 5.74) is 8.43.